The van der Waals surface area contributed by atoms with Crippen LogP contribution in [-0.4, -0.2) is 51.0 Å². The molecule has 0 spiro atoms. The summed E-state index contributed by atoms with van der Waals surface area (Å²) in [7, 11) is 0. The summed E-state index contributed by atoms with van der Waals surface area (Å²) in [5.41, 5.74) is 7.08. The molecule has 0 aliphatic carbocycles. The molecule has 26 heavy (non-hydrogen) atoms. The molecule has 0 unspecified atom stereocenters. The third kappa shape index (κ3) is 3.95. The fraction of sp³-hybridized carbons (Fsp3) is 0.500. The number of amides is 1. The Kier molecular flexibility index (Phi) is 4.58. The number of ether oxygens (including phenoxy) is 1. The number of aromatic nitrogens is 4. The number of anilines is 2. The third-order valence-corrected chi connectivity index (χ3v) is 3.98. The van der Waals surface area contributed by atoms with Gasteiger partial charge in [0, 0.05) is 13.1 Å². The SMILES string of the molecule is CC(C)(C)OC(=O)N[C@H]1CCN(c2cc(-n3nn[nH]c3=O)ccc2N)C1. The Morgan fingerprint density at radius 2 is 2.19 bits per heavy atom. The number of nitrogens with two attached hydrogens (primary N) is 1. The summed E-state index contributed by atoms with van der Waals surface area (Å²) in [5.74, 6) is 0. The first-order valence-corrected chi connectivity index (χ1v) is 8.38. The number of hydrogen-bond acceptors (Lipinski definition) is 7. The number of H-pyrrole nitrogens is 1. The van der Waals surface area contributed by atoms with E-state index in [4.69, 9.17) is 10.5 Å². The van der Waals surface area contributed by atoms with Gasteiger partial charge in [0.25, 0.3) is 0 Å². The smallest absolute Gasteiger partial charge is 0.407 e. The first-order chi connectivity index (χ1) is 12.2. The lowest BCUT2D eigenvalue weighted by Crippen LogP contribution is -2.40. The number of hydrogen-bond donors (Lipinski definition) is 3. The van der Waals surface area contributed by atoms with Crippen molar-refractivity contribution in [2.45, 2.75) is 38.8 Å². The van der Waals surface area contributed by atoms with Gasteiger partial charge in [-0.15, -0.1) is 0 Å². The second-order valence-electron chi connectivity index (χ2n) is 7.24. The molecular formula is C16H23N7O3. The van der Waals surface area contributed by atoms with E-state index in [1.807, 2.05) is 20.8 Å². The lowest BCUT2D eigenvalue weighted by atomic mass is 10.2. The van der Waals surface area contributed by atoms with Gasteiger partial charge in [-0.05, 0) is 55.8 Å². The highest BCUT2D eigenvalue weighted by molar-refractivity contribution is 5.72. The summed E-state index contributed by atoms with van der Waals surface area (Å²) < 4.78 is 6.46. The van der Waals surface area contributed by atoms with Crippen LogP contribution in [0.15, 0.2) is 23.0 Å². The Hall–Kier alpha value is -3.04. The Labute approximate surface area is 150 Å². The molecule has 1 aromatic heterocycles. The number of nitrogens with zero attached hydrogens (tertiary/aromatic N) is 4. The summed E-state index contributed by atoms with van der Waals surface area (Å²) in [6.45, 7) is 6.80. The van der Waals surface area contributed by atoms with E-state index in [1.165, 1.54) is 0 Å². The monoisotopic (exact) mass is 361 g/mol. The molecule has 0 radical (unpaired) electrons. The Morgan fingerprint density at radius 3 is 2.85 bits per heavy atom. The van der Waals surface area contributed by atoms with Crippen molar-refractivity contribution in [1.82, 2.24) is 25.5 Å². The van der Waals surface area contributed by atoms with Crippen LogP contribution in [0.2, 0.25) is 0 Å². The Bertz CT molecular complexity index is 852. The number of alkyl carbamates (subject to hydrolysis) is 1. The number of benzene rings is 1. The molecule has 2 heterocycles. The zero-order valence-electron chi connectivity index (χ0n) is 15.0. The van der Waals surface area contributed by atoms with Crippen LogP contribution < -0.4 is 21.6 Å². The zero-order chi connectivity index (χ0) is 18.9. The van der Waals surface area contributed by atoms with Crippen LogP contribution in [0.4, 0.5) is 16.2 Å². The van der Waals surface area contributed by atoms with E-state index in [0.29, 0.717) is 17.9 Å². The highest BCUT2D eigenvalue weighted by atomic mass is 16.6. The van der Waals surface area contributed by atoms with Crippen molar-refractivity contribution < 1.29 is 9.53 Å². The van der Waals surface area contributed by atoms with Crippen molar-refractivity contribution in [3.05, 3.63) is 28.7 Å². The number of nitrogens with one attached hydrogen (secondary N) is 2. The molecule has 1 aliphatic rings. The average molecular weight is 361 g/mol. The standard InChI is InChI=1S/C16H23N7O3/c1-16(2,3)26-15(25)18-10-6-7-22(9-10)13-8-11(4-5-12(13)17)23-14(24)19-20-21-23/h4-5,8,10H,6-7,9,17H2,1-3H3,(H,18,25)(H,19,21,24)/t10-/m0/s1. The van der Waals surface area contributed by atoms with E-state index in [1.54, 1.807) is 18.2 Å². The molecule has 10 nitrogen and oxygen atoms in total. The van der Waals surface area contributed by atoms with Crippen LogP contribution in [0.25, 0.3) is 5.69 Å². The van der Waals surface area contributed by atoms with Crippen molar-refractivity contribution in [2.75, 3.05) is 23.7 Å². The number of tetrazole rings is 1. The summed E-state index contributed by atoms with van der Waals surface area (Å²) >= 11 is 0. The van der Waals surface area contributed by atoms with E-state index >= 15 is 0 Å². The minimum absolute atomic E-state index is 0.0392. The largest absolute Gasteiger partial charge is 0.444 e. The quantitative estimate of drug-likeness (QED) is 0.684. The maximum atomic E-state index is 11.9. The van der Waals surface area contributed by atoms with E-state index in [0.717, 1.165) is 23.3 Å². The van der Waals surface area contributed by atoms with Gasteiger partial charge in [0.1, 0.15) is 5.60 Å². The molecule has 10 heteroatoms. The molecule has 3 rings (SSSR count). The molecule has 2 aromatic rings. The molecule has 0 saturated carbocycles. The van der Waals surface area contributed by atoms with Crippen molar-refractivity contribution in [3.63, 3.8) is 0 Å². The van der Waals surface area contributed by atoms with Gasteiger partial charge in [0.2, 0.25) is 0 Å². The molecule has 1 fully saturated rings. The molecular weight excluding hydrogens is 338 g/mol. The minimum atomic E-state index is -0.536. The van der Waals surface area contributed by atoms with E-state index < -0.39 is 17.4 Å². The second-order valence-corrected chi connectivity index (χ2v) is 7.24. The van der Waals surface area contributed by atoms with Gasteiger partial charge < -0.3 is 20.7 Å². The molecule has 1 atom stereocenters. The molecule has 140 valence electrons. The maximum Gasteiger partial charge on any atom is 0.407 e. The minimum Gasteiger partial charge on any atom is -0.444 e. The summed E-state index contributed by atoms with van der Waals surface area (Å²) in [5, 5.41) is 12.4. The van der Waals surface area contributed by atoms with Gasteiger partial charge in [-0.25, -0.2) is 14.7 Å². The van der Waals surface area contributed by atoms with E-state index in [2.05, 4.69) is 25.7 Å². The van der Waals surface area contributed by atoms with E-state index in [-0.39, 0.29) is 6.04 Å². The number of carbonyl (C=O) groups is 1. The van der Waals surface area contributed by atoms with Gasteiger partial charge in [-0.1, -0.05) is 0 Å². The predicted octanol–water partition coefficient (Wildman–Crippen LogP) is 0.641. The average Bonchev–Trinajstić information content (AvgIpc) is 3.15. The Balaban J connectivity index is 1.72. The molecule has 1 aromatic carbocycles. The Morgan fingerprint density at radius 1 is 1.42 bits per heavy atom. The van der Waals surface area contributed by atoms with Gasteiger partial charge in [-0.3, -0.25) is 0 Å². The van der Waals surface area contributed by atoms with Crippen LogP contribution in [0.1, 0.15) is 27.2 Å². The van der Waals surface area contributed by atoms with Gasteiger partial charge in [0.05, 0.1) is 23.1 Å². The van der Waals surface area contributed by atoms with Gasteiger partial charge >= 0.3 is 11.8 Å². The van der Waals surface area contributed by atoms with Gasteiger partial charge in [-0.2, -0.15) is 4.68 Å². The summed E-state index contributed by atoms with van der Waals surface area (Å²) in [6.07, 6.45) is 0.340. The summed E-state index contributed by atoms with van der Waals surface area (Å²) in [4.78, 5) is 25.7. The number of aromatic amines is 1. The van der Waals surface area contributed by atoms with E-state index in [9.17, 15) is 9.59 Å². The predicted molar refractivity (Wildman–Crippen MR) is 96.4 cm³/mol. The second kappa shape index (κ2) is 6.70. The fourth-order valence-electron chi connectivity index (χ4n) is 2.88. The van der Waals surface area contributed by atoms with Crippen molar-refractivity contribution in [3.8, 4) is 5.69 Å². The first kappa shape index (κ1) is 17.8. The molecule has 1 amide bonds. The van der Waals surface area contributed by atoms with Crippen molar-refractivity contribution in [1.29, 1.82) is 0 Å². The topological polar surface area (TPSA) is 131 Å². The lowest BCUT2D eigenvalue weighted by Gasteiger charge is -2.23. The van der Waals surface area contributed by atoms with Crippen LogP contribution in [0, 0.1) is 0 Å². The number of carbonyl (C=O) groups excluding carboxylic acids is 1. The molecule has 0 bridgehead atoms. The van der Waals surface area contributed by atoms with Gasteiger partial charge in [0.15, 0.2) is 0 Å². The van der Waals surface area contributed by atoms with Crippen LogP contribution in [0.5, 0.6) is 0 Å². The third-order valence-electron chi connectivity index (χ3n) is 3.98. The first-order valence-electron chi connectivity index (χ1n) is 8.38. The maximum absolute atomic E-state index is 11.9. The van der Waals surface area contributed by atoms with Crippen LogP contribution in [-0.2, 0) is 4.74 Å². The van der Waals surface area contributed by atoms with Crippen LogP contribution in [0.3, 0.4) is 0 Å². The normalized spacial score (nSPS) is 17.3. The number of nitrogen functional groups attached to an aromatic ring is 1. The zero-order valence-corrected chi connectivity index (χ0v) is 15.0. The molecule has 1 saturated heterocycles. The van der Waals surface area contributed by atoms with Crippen LogP contribution >= 0.6 is 0 Å². The van der Waals surface area contributed by atoms with Crippen molar-refractivity contribution >= 4 is 17.5 Å². The highest BCUT2D eigenvalue weighted by Crippen LogP contribution is 2.29. The molecule has 1 aliphatic heterocycles. The fourth-order valence-corrected chi connectivity index (χ4v) is 2.88. The van der Waals surface area contributed by atoms with Crippen molar-refractivity contribution in [2.24, 2.45) is 0 Å². The summed E-state index contributed by atoms with van der Waals surface area (Å²) in [6, 6.07) is 5.17. The highest BCUT2D eigenvalue weighted by Gasteiger charge is 2.27. The molecule has 4 N–H and O–H groups in total. The lowest BCUT2D eigenvalue weighted by molar-refractivity contribution is 0.0509. The number of rotatable bonds is 3.